The summed E-state index contributed by atoms with van der Waals surface area (Å²) in [5, 5.41) is 0.348. The van der Waals surface area contributed by atoms with Crippen molar-refractivity contribution in [2.24, 2.45) is 5.92 Å². The minimum Gasteiger partial charge on any atom is -0.398 e. The Morgan fingerprint density at radius 3 is 2.75 bits per heavy atom. The summed E-state index contributed by atoms with van der Waals surface area (Å²) in [5.41, 5.74) is 5.95. The molecule has 1 heterocycles. The SMILES string of the molecule is Nc1ccc(Cl)cc1S(=O)(=O)NC1CCOC1C1CC1. The molecule has 0 bridgehead atoms. The molecule has 7 heteroatoms. The average molecular weight is 317 g/mol. The highest BCUT2D eigenvalue weighted by Gasteiger charge is 2.42. The van der Waals surface area contributed by atoms with Gasteiger partial charge in [0.1, 0.15) is 4.90 Å². The number of nitrogen functional groups attached to an aromatic ring is 1. The zero-order chi connectivity index (χ0) is 14.3. The number of hydrogen-bond acceptors (Lipinski definition) is 4. The van der Waals surface area contributed by atoms with Gasteiger partial charge in [-0.05, 0) is 43.4 Å². The molecular formula is C13H17ClN2O3S. The van der Waals surface area contributed by atoms with Gasteiger partial charge in [-0.25, -0.2) is 13.1 Å². The van der Waals surface area contributed by atoms with Crippen LogP contribution in [0.25, 0.3) is 0 Å². The summed E-state index contributed by atoms with van der Waals surface area (Å²) in [6.45, 7) is 0.597. The fourth-order valence-corrected chi connectivity index (χ4v) is 4.31. The van der Waals surface area contributed by atoms with E-state index in [0.29, 0.717) is 24.0 Å². The standard InChI is InChI=1S/C13H17ClN2O3S/c14-9-3-4-10(15)12(7-9)20(17,18)16-11-5-6-19-13(11)8-1-2-8/h3-4,7-8,11,13,16H,1-2,5-6,15H2. The van der Waals surface area contributed by atoms with Crippen LogP contribution in [0.15, 0.2) is 23.1 Å². The Morgan fingerprint density at radius 2 is 2.05 bits per heavy atom. The molecule has 2 unspecified atom stereocenters. The van der Waals surface area contributed by atoms with Gasteiger partial charge in [-0.3, -0.25) is 0 Å². The number of benzene rings is 1. The van der Waals surface area contributed by atoms with Gasteiger partial charge in [0.05, 0.1) is 17.8 Å². The summed E-state index contributed by atoms with van der Waals surface area (Å²) >= 11 is 5.86. The maximum absolute atomic E-state index is 12.4. The summed E-state index contributed by atoms with van der Waals surface area (Å²) in [6.07, 6.45) is 2.91. The molecule has 2 atom stereocenters. The molecule has 0 amide bonds. The fraction of sp³-hybridized carbons (Fsp3) is 0.538. The highest BCUT2D eigenvalue weighted by molar-refractivity contribution is 7.89. The lowest BCUT2D eigenvalue weighted by atomic mass is 10.1. The minimum absolute atomic E-state index is 0.00909. The van der Waals surface area contributed by atoms with E-state index in [1.165, 1.54) is 12.1 Å². The van der Waals surface area contributed by atoms with Crippen LogP contribution >= 0.6 is 11.6 Å². The smallest absolute Gasteiger partial charge is 0.243 e. The zero-order valence-electron chi connectivity index (χ0n) is 10.9. The molecule has 110 valence electrons. The predicted octanol–water partition coefficient (Wildman–Crippen LogP) is 1.77. The highest BCUT2D eigenvalue weighted by Crippen LogP contribution is 2.39. The first-order valence-corrected chi connectivity index (χ1v) is 8.52. The van der Waals surface area contributed by atoms with E-state index in [1.54, 1.807) is 6.07 Å². The van der Waals surface area contributed by atoms with Gasteiger partial charge in [0.15, 0.2) is 0 Å². The zero-order valence-corrected chi connectivity index (χ0v) is 12.5. The van der Waals surface area contributed by atoms with Crippen LogP contribution in [-0.4, -0.2) is 27.2 Å². The van der Waals surface area contributed by atoms with E-state index >= 15 is 0 Å². The first kappa shape index (κ1) is 14.1. The maximum Gasteiger partial charge on any atom is 0.243 e. The van der Waals surface area contributed by atoms with Crippen molar-refractivity contribution < 1.29 is 13.2 Å². The van der Waals surface area contributed by atoms with Crippen molar-refractivity contribution in [2.45, 2.75) is 36.3 Å². The van der Waals surface area contributed by atoms with Crippen molar-refractivity contribution in [3.05, 3.63) is 23.2 Å². The normalized spacial score (nSPS) is 26.9. The third-order valence-electron chi connectivity index (χ3n) is 3.79. The molecule has 1 saturated carbocycles. The van der Waals surface area contributed by atoms with Crippen molar-refractivity contribution in [1.29, 1.82) is 0 Å². The summed E-state index contributed by atoms with van der Waals surface area (Å²) in [6, 6.07) is 4.27. The number of anilines is 1. The molecule has 20 heavy (non-hydrogen) atoms. The van der Waals surface area contributed by atoms with Crippen molar-refractivity contribution in [1.82, 2.24) is 4.72 Å². The van der Waals surface area contributed by atoms with Crippen molar-refractivity contribution >= 4 is 27.3 Å². The summed E-state index contributed by atoms with van der Waals surface area (Å²) < 4.78 is 33.2. The first-order valence-electron chi connectivity index (χ1n) is 6.66. The molecule has 1 aromatic rings. The Bertz CT molecular complexity index is 616. The Balaban J connectivity index is 1.83. The van der Waals surface area contributed by atoms with Crippen LogP contribution < -0.4 is 10.5 Å². The van der Waals surface area contributed by atoms with Gasteiger partial charge in [-0.1, -0.05) is 11.6 Å². The summed E-state index contributed by atoms with van der Waals surface area (Å²) in [4.78, 5) is 0.0337. The Morgan fingerprint density at radius 1 is 1.30 bits per heavy atom. The lowest BCUT2D eigenvalue weighted by Gasteiger charge is -2.20. The molecule has 3 N–H and O–H groups in total. The van der Waals surface area contributed by atoms with Crippen LogP contribution in [-0.2, 0) is 14.8 Å². The number of halogens is 1. The van der Waals surface area contributed by atoms with Crippen LogP contribution in [0.5, 0.6) is 0 Å². The lowest BCUT2D eigenvalue weighted by molar-refractivity contribution is 0.0848. The second-order valence-corrected chi connectivity index (χ2v) is 7.49. The Kier molecular flexibility index (Phi) is 3.66. The largest absolute Gasteiger partial charge is 0.398 e. The van der Waals surface area contributed by atoms with Crippen LogP contribution in [0.2, 0.25) is 5.02 Å². The molecule has 1 aliphatic carbocycles. The van der Waals surface area contributed by atoms with Crippen molar-refractivity contribution in [2.75, 3.05) is 12.3 Å². The number of nitrogens with two attached hydrogens (primary N) is 1. The number of hydrogen-bond donors (Lipinski definition) is 2. The third kappa shape index (κ3) is 2.79. The van der Waals surface area contributed by atoms with Crippen LogP contribution in [0, 0.1) is 5.92 Å². The van der Waals surface area contributed by atoms with E-state index in [4.69, 9.17) is 22.1 Å². The van der Waals surface area contributed by atoms with Gasteiger partial charge in [0.25, 0.3) is 0 Å². The van der Waals surface area contributed by atoms with Gasteiger partial charge < -0.3 is 10.5 Å². The minimum atomic E-state index is -3.67. The van der Waals surface area contributed by atoms with Gasteiger partial charge in [0, 0.05) is 11.6 Å². The molecule has 2 aliphatic rings. The van der Waals surface area contributed by atoms with E-state index in [0.717, 1.165) is 12.8 Å². The van der Waals surface area contributed by atoms with Crippen LogP contribution in [0.4, 0.5) is 5.69 Å². The van der Waals surface area contributed by atoms with Gasteiger partial charge in [0.2, 0.25) is 10.0 Å². The molecule has 1 aliphatic heterocycles. The second-order valence-electron chi connectivity index (χ2n) is 5.37. The highest BCUT2D eigenvalue weighted by atomic mass is 35.5. The quantitative estimate of drug-likeness (QED) is 0.829. The van der Waals surface area contributed by atoms with Crippen LogP contribution in [0.1, 0.15) is 19.3 Å². The Hall–Kier alpha value is -0.820. The summed E-state index contributed by atoms with van der Waals surface area (Å²) in [7, 11) is -3.67. The molecule has 0 spiro atoms. The van der Waals surface area contributed by atoms with Gasteiger partial charge in [-0.2, -0.15) is 0 Å². The van der Waals surface area contributed by atoms with E-state index in [2.05, 4.69) is 4.72 Å². The van der Waals surface area contributed by atoms with Crippen molar-refractivity contribution in [3.63, 3.8) is 0 Å². The third-order valence-corrected chi connectivity index (χ3v) is 5.57. The fourth-order valence-electron chi connectivity index (χ4n) is 2.63. The number of sulfonamides is 1. The summed E-state index contributed by atoms with van der Waals surface area (Å²) in [5.74, 6) is 0.488. The lowest BCUT2D eigenvalue weighted by Crippen LogP contribution is -2.41. The number of ether oxygens (including phenoxy) is 1. The second kappa shape index (κ2) is 5.18. The molecule has 5 nitrogen and oxygen atoms in total. The number of nitrogens with one attached hydrogen (secondary N) is 1. The molecule has 0 aromatic heterocycles. The molecule has 1 aromatic carbocycles. The van der Waals surface area contributed by atoms with E-state index in [9.17, 15) is 8.42 Å². The molecule has 1 saturated heterocycles. The first-order chi connectivity index (χ1) is 9.47. The Labute approximate surface area is 123 Å². The van der Waals surface area contributed by atoms with Gasteiger partial charge >= 0.3 is 0 Å². The average Bonchev–Trinajstić information content (AvgIpc) is 3.13. The van der Waals surface area contributed by atoms with E-state index < -0.39 is 10.0 Å². The topological polar surface area (TPSA) is 81.4 Å². The molecule has 0 radical (unpaired) electrons. The van der Waals surface area contributed by atoms with E-state index in [1.807, 2.05) is 0 Å². The maximum atomic E-state index is 12.4. The van der Waals surface area contributed by atoms with E-state index in [-0.39, 0.29) is 22.7 Å². The molecular weight excluding hydrogens is 300 g/mol. The molecule has 2 fully saturated rings. The monoisotopic (exact) mass is 316 g/mol. The number of rotatable bonds is 4. The molecule has 3 rings (SSSR count). The van der Waals surface area contributed by atoms with Gasteiger partial charge in [-0.15, -0.1) is 0 Å². The van der Waals surface area contributed by atoms with Crippen molar-refractivity contribution in [3.8, 4) is 0 Å². The van der Waals surface area contributed by atoms with Crippen LogP contribution in [0.3, 0.4) is 0 Å². The predicted molar refractivity (Wildman–Crippen MR) is 77.1 cm³/mol.